The van der Waals surface area contributed by atoms with Crippen LogP contribution in [0.1, 0.15) is 28.8 Å². The molecule has 2 aromatic carbocycles. The van der Waals surface area contributed by atoms with Gasteiger partial charge < -0.3 is 23.6 Å². The Morgan fingerprint density at radius 2 is 1.82 bits per heavy atom. The number of methoxy groups -OCH3 is 3. The highest BCUT2D eigenvalue weighted by atomic mass is 19.1. The van der Waals surface area contributed by atoms with Gasteiger partial charge in [0, 0.05) is 30.7 Å². The van der Waals surface area contributed by atoms with E-state index >= 15 is 0 Å². The molecule has 12 heteroatoms. The van der Waals surface area contributed by atoms with Crippen molar-refractivity contribution in [2.45, 2.75) is 25.7 Å². The van der Waals surface area contributed by atoms with Crippen LogP contribution in [-0.4, -0.2) is 58.0 Å². The van der Waals surface area contributed by atoms with Crippen LogP contribution in [0, 0.1) is 5.82 Å². The van der Waals surface area contributed by atoms with Gasteiger partial charge in [-0.15, -0.1) is 5.10 Å². The molecule has 1 N–H and O–H groups in total. The maximum atomic E-state index is 13.7. The lowest BCUT2D eigenvalue weighted by molar-refractivity contribution is 0.163. The minimum atomic E-state index is -0.719. The van der Waals surface area contributed by atoms with E-state index in [1.165, 1.54) is 19.2 Å². The Balaban J connectivity index is 1.69. The van der Waals surface area contributed by atoms with Crippen LogP contribution in [-0.2, 0) is 24.4 Å². The molecule has 1 unspecified atom stereocenters. The fourth-order valence-electron chi connectivity index (χ4n) is 4.66. The molecule has 208 valence electrons. The summed E-state index contributed by atoms with van der Waals surface area (Å²) in [7, 11) is 4.68. The summed E-state index contributed by atoms with van der Waals surface area (Å²) in [5.74, 6) is 1.79. The zero-order chi connectivity index (χ0) is 28.1. The SMILES string of the molecule is COCCn1nnnc1C(c1cc2cc(OC)c(OC)cc2[nH]c1=O)N(Cc1ccc(F)cc1)Cc1ccco1. The summed E-state index contributed by atoms with van der Waals surface area (Å²) in [5, 5.41) is 13.2. The number of H-pyrrole nitrogens is 1. The molecule has 3 heterocycles. The molecular weight excluding hydrogens is 519 g/mol. The van der Waals surface area contributed by atoms with E-state index in [9.17, 15) is 9.18 Å². The summed E-state index contributed by atoms with van der Waals surface area (Å²) >= 11 is 0. The topological polar surface area (TPSA) is 121 Å². The molecule has 0 saturated carbocycles. The normalized spacial score (nSPS) is 12.2. The van der Waals surface area contributed by atoms with E-state index in [0.717, 1.165) is 10.9 Å². The first-order valence-electron chi connectivity index (χ1n) is 12.6. The molecule has 5 aromatic rings. The van der Waals surface area contributed by atoms with Crippen molar-refractivity contribution < 1.29 is 23.0 Å². The molecule has 1 atom stereocenters. The third kappa shape index (κ3) is 5.72. The lowest BCUT2D eigenvalue weighted by atomic mass is 10.0. The molecule has 0 aliphatic carbocycles. The number of aromatic amines is 1. The molecule has 0 radical (unpaired) electrons. The quantitative estimate of drug-likeness (QED) is 0.249. The Labute approximate surface area is 229 Å². The maximum Gasteiger partial charge on any atom is 0.253 e. The number of furan rings is 1. The minimum Gasteiger partial charge on any atom is -0.493 e. The number of hydrogen-bond donors (Lipinski definition) is 1. The van der Waals surface area contributed by atoms with Crippen LogP contribution in [0.5, 0.6) is 11.5 Å². The standard InChI is InChI=1S/C28H29FN6O5/c1-37-12-10-35-27(31-32-33-35)26(22-13-19-14-24(38-2)25(39-3)15-23(19)30-28(22)36)34(17-21-5-4-11-40-21)16-18-6-8-20(29)9-7-18/h4-9,11,13-15,26H,10,12,16-17H2,1-3H3,(H,30,36). The Bertz CT molecular complexity index is 1620. The third-order valence-electron chi connectivity index (χ3n) is 6.59. The first kappa shape index (κ1) is 27.0. The highest BCUT2D eigenvalue weighted by Crippen LogP contribution is 2.34. The number of pyridine rings is 1. The Kier molecular flexibility index (Phi) is 8.18. The summed E-state index contributed by atoms with van der Waals surface area (Å²) in [4.78, 5) is 18.7. The molecular formula is C28H29FN6O5. The second-order valence-corrected chi connectivity index (χ2v) is 9.11. The largest absolute Gasteiger partial charge is 0.493 e. The molecule has 11 nitrogen and oxygen atoms in total. The molecule has 5 rings (SSSR count). The van der Waals surface area contributed by atoms with Crippen molar-refractivity contribution in [1.29, 1.82) is 0 Å². The van der Waals surface area contributed by atoms with Gasteiger partial charge in [-0.2, -0.15) is 0 Å². The fraction of sp³-hybridized carbons (Fsp3) is 0.286. The van der Waals surface area contributed by atoms with E-state index in [4.69, 9.17) is 18.6 Å². The molecule has 0 aliphatic rings. The van der Waals surface area contributed by atoms with Crippen LogP contribution >= 0.6 is 0 Å². The maximum absolute atomic E-state index is 13.7. The first-order valence-corrected chi connectivity index (χ1v) is 12.6. The summed E-state index contributed by atoms with van der Waals surface area (Å²) < 4.78 is 37.2. The second kappa shape index (κ2) is 12.1. The third-order valence-corrected chi connectivity index (χ3v) is 6.59. The number of aromatic nitrogens is 5. The zero-order valence-electron chi connectivity index (χ0n) is 22.3. The Hall–Kier alpha value is -4.55. The molecule has 0 saturated heterocycles. The molecule has 3 aromatic heterocycles. The number of halogens is 1. The van der Waals surface area contributed by atoms with Crippen LogP contribution in [0.2, 0.25) is 0 Å². The van der Waals surface area contributed by atoms with Crippen molar-refractivity contribution >= 4 is 10.9 Å². The van der Waals surface area contributed by atoms with E-state index in [0.29, 0.717) is 60.4 Å². The van der Waals surface area contributed by atoms with Gasteiger partial charge in [0.1, 0.15) is 17.6 Å². The molecule has 40 heavy (non-hydrogen) atoms. The monoisotopic (exact) mass is 548 g/mol. The molecule has 0 spiro atoms. The number of nitrogens with one attached hydrogen (secondary N) is 1. The molecule has 0 fully saturated rings. The number of hydrogen-bond acceptors (Lipinski definition) is 9. The zero-order valence-corrected chi connectivity index (χ0v) is 22.3. The van der Waals surface area contributed by atoms with Crippen molar-refractivity contribution in [2.75, 3.05) is 27.9 Å². The fourth-order valence-corrected chi connectivity index (χ4v) is 4.66. The van der Waals surface area contributed by atoms with E-state index in [1.54, 1.807) is 61.6 Å². The van der Waals surface area contributed by atoms with Gasteiger partial charge in [0.25, 0.3) is 5.56 Å². The van der Waals surface area contributed by atoms with Gasteiger partial charge in [0.05, 0.1) is 45.7 Å². The minimum absolute atomic E-state index is 0.315. The van der Waals surface area contributed by atoms with Crippen molar-refractivity contribution in [3.8, 4) is 11.5 Å². The average Bonchev–Trinajstić information content (AvgIpc) is 3.65. The lowest BCUT2D eigenvalue weighted by Crippen LogP contribution is -2.35. The number of benzene rings is 2. The number of fused-ring (bicyclic) bond motifs is 1. The van der Waals surface area contributed by atoms with E-state index in [1.807, 2.05) is 11.0 Å². The van der Waals surface area contributed by atoms with Gasteiger partial charge in [-0.1, -0.05) is 12.1 Å². The van der Waals surface area contributed by atoms with Gasteiger partial charge in [0.2, 0.25) is 0 Å². The van der Waals surface area contributed by atoms with Crippen LogP contribution in [0.3, 0.4) is 0 Å². The number of tetrazole rings is 1. The Morgan fingerprint density at radius 3 is 2.52 bits per heavy atom. The first-order chi connectivity index (χ1) is 19.5. The van der Waals surface area contributed by atoms with Crippen LogP contribution in [0.4, 0.5) is 4.39 Å². The number of rotatable bonds is 12. The van der Waals surface area contributed by atoms with Crippen LogP contribution < -0.4 is 15.0 Å². The van der Waals surface area contributed by atoms with E-state index < -0.39 is 6.04 Å². The summed E-state index contributed by atoms with van der Waals surface area (Å²) in [5.41, 5.74) is 1.49. The summed E-state index contributed by atoms with van der Waals surface area (Å²) in [6, 6.07) is 14.5. The van der Waals surface area contributed by atoms with Gasteiger partial charge in [-0.05, 0) is 52.4 Å². The van der Waals surface area contributed by atoms with Crippen molar-refractivity contribution in [3.05, 3.63) is 99.7 Å². The highest BCUT2D eigenvalue weighted by Gasteiger charge is 2.31. The summed E-state index contributed by atoms with van der Waals surface area (Å²) in [6.45, 7) is 1.39. The molecule has 0 bridgehead atoms. The number of ether oxygens (including phenoxy) is 3. The van der Waals surface area contributed by atoms with E-state index in [-0.39, 0.29) is 11.4 Å². The Morgan fingerprint density at radius 1 is 1.05 bits per heavy atom. The lowest BCUT2D eigenvalue weighted by Gasteiger charge is -2.30. The average molecular weight is 549 g/mol. The molecule has 0 amide bonds. The highest BCUT2D eigenvalue weighted by molar-refractivity contribution is 5.83. The van der Waals surface area contributed by atoms with Gasteiger partial charge in [-0.3, -0.25) is 9.69 Å². The predicted octanol–water partition coefficient (Wildman–Crippen LogP) is 3.70. The van der Waals surface area contributed by atoms with Crippen LogP contribution in [0.25, 0.3) is 10.9 Å². The smallest absolute Gasteiger partial charge is 0.253 e. The van der Waals surface area contributed by atoms with Crippen molar-refractivity contribution in [2.24, 2.45) is 0 Å². The van der Waals surface area contributed by atoms with Gasteiger partial charge >= 0.3 is 0 Å². The summed E-state index contributed by atoms with van der Waals surface area (Å²) in [6.07, 6.45) is 1.59. The van der Waals surface area contributed by atoms with E-state index in [2.05, 4.69) is 20.5 Å². The van der Waals surface area contributed by atoms with Gasteiger partial charge in [-0.25, -0.2) is 9.07 Å². The molecule has 0 aliphatic heterocycles. The van der Waals surface area contributed by atoms with Crippen molar-refractivity contribution in [1.82, 2.24) is 30.1 Å². The van der Waals surface area contributed by atoms with Crippen LogP contribution in [0.15, 0.2) is 70.1 Å². The number of nitrogens with zero attached hydrogens (tertiary/aromatic N) is 5. The van der Waals surface area contributed by atoms with Crippen molar-refractivity contribution in [3.63, 3.8) is 0 Å². The van der Waals surface area contributed by atoms with Gasteiger partial charge in [0.15, 0.2) is 17.3 Å². The second-order valence-electron chi connectivity index (χ2n) is 9.11. The predicted molar refractivity (Wildman–Crippen MR) is 144 cm³/mol.